The van der Waals surface area contributed by atoms with E-state index >= 15 is 0 Å². The van der Waals surface area contributed by atoms with E-state index in [1.807, 2.05) is 36.4 Å². The van der Waals surface area contributed by atoms with Crippen molar-refractivity contribution in [2.75, 3.05) is 13.2 Å². The molecule has 21 heavy (non-hydrogen) atoms. The maximum absolute atomic E-state index is 13.0. The molecule has 0 aromatic heterocycles. The van der Waals surface area contributed by atoms with Crippen LogP contribution in [0.4, 0.5) is 0 Å². The molecule has 0 amide bonds. The highest BCUT2D eigenvalue weighted by Gasteiger charge is 2.30. The van der Waals surface area contributed by atoms with Gasteiger partial charge in [0.05, 0.1) is 18.2 Å². The summed E-state index contributed by atoms with van der Waals surface area (Å²) in [6, 6.07) is 13.8. The summed E-state index contributed by atoms with van der Waals surface area (Å²) in [6.07, 6.45) is 1.87. The van der Waals surface area contributed by atoms with Gasteiger partial charge in [0.25, 0.3) is 0 Å². The van der Waals surface area contributed by atoms with Gasteiger partial charge in [-0.1, -0.05) is 36.4 Å². The summed E-state index contributed by atoms with van der Waals surface area (Å²) in [5.41, 5.74) is 4.22. The second kappa shape index (κ2) is 5.01. The lowest BCUT2D eigenvalue weighted by Gasteiger charge is -2.26. The van der Waals surface area contributed by atoms with Crippen molar-refractivity contribution in [2.24, 2.45) is 0 Å². The molecule has 0 spiro atoms. The maximum Gasteiger partial charge on any atom is 0.187 e. The van der Waals surface area contributed by atoms with E-state index in [1.165, 1.54) is 5.56 Å². The molecular weight excluding hydrogens is 262 g/mol. The van der Waals surface area contributed by atoms with Gasteiger partial charge in [0.1, 0.15) is 5.75 Å². The highest BCUT2D eigenvalue weighted by molar-refractivity contribution is 6.03. The van der Waals surface area contributed by atoms with Gasteiger partial charge in [-0.2, -0.15) is 0 Å². The van der Waals surface area contributed by atoms with Crippen LogP contribution in [0.15, 0.2) is 42.5 Å². The van der Waals surface area contributed by atoms with E-state index in [-0.39, 0.29) is 11.8 Å². The first-order valence-electron chi connectivity index (χ1n) is 7.44. The van der Waals surface area contributed by atoms with Crippen LogP contribution in [0.1, 0.15) is 33.1 Å². The van der Waals surface area contributed by atoms with E-state index in [0.29, 0.717) is 12.2 Å². The van der Waals surface area contributed by atoms with Crippen LogP contribution in [0, 0.1) is 0 Å². The normalized spacial score (nSPS) is 19.5. The van der Waals surface area contributed by atoms with Crippen LogP contribution >= 0.6 is 0 Å². The molecule has 3 nitrogen and oxygen atoms in total. The predicted octanol–water partition coefficient (Wildman–Crippen LogP) is 2.69. The quantitative estimate of drug-likeness (QED) is 0.859. The Morgan fingerprint density at radius 2 is 1.90 bits per heavy atom. The molecule has 0 radical (unpaired) electrons. The highest BCUT2D eigenvalue weighted by atomic mass is 16.5. The Morgan fingerprint density at radius 1 is 1.05 bits per heavy atom. The standard InChI is InChI=1S/C18H17NO2/c20-17(15-7-3-5-13-9-11-21-18(13)15)16-14-6-2-1-4-12(14)8-10-19-16/h1-7,16,19H,8-11H2. The van der Waals surface area contributed by atoms with E-state index in [9.17, 15) is 4.79 Å². The Hall–Kier alpha value is -2.13. The van der Waals surface area contributed by atoms with Gasteiger partial charge in [0.2, 0.25) is 0 Å². The first kappa shape index (κ1) is 12.6. The molecule has 2 aliphatic heterocycles. The van der Waals surface area contributed by atoms with Gasteiger partial charge < -0.3 is 10.1 Å². The summed E-state index contributed by atoms with van der Waals surface area (Å²) in [5.74, 6) is 0.897. The number of carbonyl (C=O) groups is 1. The Balaban J connectivity index is 1.75. The summed E-state index contributed by atoms with van der Waals surface area (Å²) >= 11 is 0. The fourth-order valence-electron chi connectivity index (χ4n) is 3.30. The van der Waals surface area contributed by atoms with Crippen molar-refractivity contribution in [1.82, 2.24) is 5.32 Å². The van der Waals surface area contributed by atoms with Crippen molar-refractivity contribution in [3.8, 4) is 5.75 Å². The number of hydrogen-bond donors (Lipinski definition) is 1. The average molecular weight is 279 g/mol. The molecule has 2 aromatic carbocycles. The third-order valence-electron chi connectivity index (χ3n) is 4.35. The molecule has 3 heteroatoms. The monoisotopic (exact) mass is 279 g/mol. The number of fused-ring (bicyclic) bond motifs is 2. The Labute approximate surface area is 123 Å². The predicted molar refractivity (Wildman–Crippen MR) is 80.9 cm³/mol. The van der Waals surface area contributed by atoms with Crippen molar-refractivity contribution in [2.45, 2.75) is 18.9 Å². The molecule has 2 aromatic rings. The lowest BCUT2D eigenvalue weighted by molar-refractivity contribution is 0.0936. The maximum atomic E-state index is 13.0. The molecule has 0 saturated carbocycles. The van der Waals surface area contributed by atoms with E-state index in [1.54, 1.807) is 0 Å². The van der Waals surface area contributed by atoms with E-state index in [0.717, 1.165) is 36.3 Å². The van der Waals surface area contributed by atoms with Gasteiger partial charge >= 0.3 is 0 Å². The molecule has 1 unspecified atom stereocenters. The van der Waals surface area contributed by atoms with Crippen LogP contribution in [0.2, 0.25) is 0 Å². The molecule has 2 heterocycles. The number of carbonyl (C=O) groups excluding carboxylic acids is 1. The smallest absolute Gasteiger partial charge is 0.187 e. The zero-order chi connectivity index (χ0) is 14.2. The van der Waals surface area contributed by atoms with Gasteiger partial charge in [0, 0.05) is 13.0 Å². The van der Waals surface area contributed by atoms with Crippen molar-refractivity contribution < 1.29 is 9.53 Å². The van der Waals surface area contributed by atoms with Gasteiger partial charge in [0.15, 0.2) is 5.78 Å². The summed E-state index contributed by atoms with van der Waals surface area (Å²) in [4.78, 5) is 13.0. The number of hydrogen-bond acceptors (Lipinski definition) is 3. The average Bonchev–Trinajstić information content (AvgIpc) is 3.02. The second-order valence-corrected chi connectivity index (χ2v) is 5.59. The van der Waals surface area contributed by atoms with Gasteiger partial charge in [-0.3, -0.25) is 4.79 Å². The topological polar surface area (TPSA) is 38.3 Å². The first-order chi connectivity index (χ1) is 10.3. The molecule has 106 valence electrons. The van der Waals surface area contributed by atoms with E-state index in [2.05, 4.69) is 11.4 Å². The molecule has 0 bridgehead atoms. The van der Waals surface area contributed by atoms with E-state index < -0.39 is 0 Å². The molecule has 1 N–H and O–H groups in total. The number of ketones is 1. The van der Waals surface area contributed by atoms with Gasteiger partial charge in [-0.25, -0.2) is 0 Å². The second-order valence-electron chi connectivity index (χ2n) is 5.59. The van der Waals surface area contributed by atoms with Gasteiger partial charge in [-0.15, -0.1) is 0 Å². The number of benzene rings is 2. The fraction of sp³-hybridized carbons (Fsp3) is 0.278. The molecule has 0 fully saturated rings. The fourth-order valence-corrected chi connectivity index (χ4v) is 3.30. The minimum atomic E-state index is -0.259. The Bertz CT molecular complexity index is 708. The summed E-state index contributed by atoms with van der Waals surface area (Å²) in [7, 11) is 0. The number of rotatable bonds is 2. The van der Waals surface area contributed by atoms with Crippen molar-refractivity contribution in [1.29, 1.82) is 0 Å². The molecular formula is C18H17NO2. The zero-order valence-electron chi connectivity index (χ0n) is 11.8. The van der Waals surface area contributed by atoms with Crippen molar-refractivity contribution in [3.05, 3.63) is 64.7 Å². The van der Waals surface area contributed by atoms with Crippen LogP contribution in [0.3, 0.4) is 0 Å². The number of ether oxygens (including phenoxy) is 1. The van der Waals surface area contributed by atoms with Gasteiger partial charge in [-0.05, 0) is 29.2 Å². The largest absolute Gasteiger partial charge is 0.492 e. The molecule has 0 saturated heterocycles. The number of para-hydroxylation sites is 1. The van der Waals surface area contributed by atoms with Crippen LogP contribution in [-0.2, 0) is 12.8 Å². The lowest BCUT2D eigenvalue weighted by Crippen LogP contribution is -2.35. The molecule has 4 rings (SSSR count). The molecule has 0 aliphatic carbocycles. The van der Waals surface area contributed by atoms with Crippen LogP contribution < -0.4 is 10.1 Å². The third-order valence-corrected chi connectivity index (χ3v) is 4.35. The SMILES string of the molecule is O=C(c1cccc2c1OCC2)C1NCCc2ccccc21. The lowest BCUT2D eigenvalue weighted by atomic mass is 9.89. The zero-order valence-corrected chi connectivity index (χ0v) is 11.8. The number of nitrogens with one attached hydrogen (secondary N) is 1. The van der Waals surface area contributed by atoms with Crippen molar-refractivity contribution in [3.63, 3.8) is 0 Å². The Morgan fingerprint density at radius 3 is 2.86 bits per heavy atom. The summed E-state index contributed by atoms with van der Waals surface area (Å²) in [6.45, 7) is 1.51. The molecule has 2 aliphatic rings. The first-order valence-corrected chi connectivity index (χ1v) is 7.44. The van der Waals surface area contributed by atoms with Crippen LogP contribution in [0.5, 0.6) is 5.75 Å². The van der Waals surface area contributed by atoms with E-state index in [4.69, 9.17) is 4.74 Å². The minimum Gasteiger partial charge on any atom is -0.492 e. The molecule has 1 atom stereocenters. The highest BCUT2D eigenvalue weighted by Crippen LogP contribution is 2.34. The summed E-state index contributed by atoms with van der Waals surface area (Å²) < 4.78 is 5.68. The summed E-state index contributed by atoms with van der Waals surface area (Å²) in [5, 5.41) is 3.36. The van der Waals surface area contributed by atoms with Crippen LogP contribution in [0.25, 0.3) is 0 Å². The minimum absolute atomic E-state index is 0.112. The Kier molecular flexibility index (Phi) is 3.00. The number of Topliss-reactive ketones (excluding diaryl/α,β-unsaturated/α-hetero) is 1. The van der Waals surface area contributed by atoms with Crippen LogP contribution in [-0.4, -0.2) is 18.9 Å². The third kappa shape index (κ3) is 2.05. The van der Waals surface area contributed by atoms with Crippen molar-refractivity contribution >= 4 is 5.78 Å².